The van der Waals surface area contributed by atoms with E-state index in [4.69, 9.17) is 16.9 Å². The molecule has 0 spiro atoms. The average molecular weight is 358 g/mol. The van der Waals surface area contributed by atoms with Crippen molar-refractivity contribution in [3.8, 4) is 12.3 Å². The summed E-state index contributed by atoms with van der Waals surface area (Å²) in [6.45, 7) is 4.19. The van der Waals surface area contributed by atoms with Crippen LogP contribution in [0.5, 0.6) is 0 Å². The molecule has 1 saturated heterocycles. The molecule has 2 heterocycles. The number of aromatic nitrogens is 2. The van der Waals surface area contributed by atoms with Crippen LogP contribution in [0, 0.1) is 12.3 Å². The standard InChI is InChI=1S/C16H20N5O3Si/c1-5-11-13(14(17)23)15(18-3)21(19-11)16(25)7-10(8-24-4)20(9-16)12(22)6-2/h1,6,10,18H,2,7-9H2,3-4H3,(H2,17,23)/q-1/t10-,16-/m1/s1. The van der Waals surface area contributed by atoms with E-state index in [1.807, 2.05) is 0 Å². The van der Waals surface area contributed by atoms with Crippen LogP contribution in [0.1, 0.15) is 22.5 Å². The number of nitrogens with one attached hydrogen (secondary N) is 1. The summed E-state index contributed by atoms with van der Waals surface area (Å²) in [5.74, 6) is 1.88. The van der Waals surface area contributed by atoms with Gasteiger partial charge in [0.1, 0.15) is 17.1 Å². The molecule has 1 aromatic heterocycles. The smallest absolute Gasteiger partial charge is 0.255 e. The molecule has 0 bridgehead atoms. The molecule has 9 heteroatoms. The van der Waals surface area contributed by atoms with Crippen LogP contribution in [0.2, 0.25) is 0 Å². The van der Waals surface area contributed by atoms with E-state index in [1.54, 1.807) is 23.7 Å². The van der Waals surface area contributed by atoms with Gasteiger partial charge in [-0.05, 0) is 18.4 Å². The first-order valence-electron chi connectivity index (χ1n) is 7.57. The Kier molecular flexibility index (Phi) is 5.35. The maximum absolute atomic E-state index is 12.2. The first-order chi connectivity index (χ1) is 11.8. The largest absolute Gasteiger partial charge is 0.630 e. The van der Waals surface area contributed by atoms with Crippen molar-refractivity contribution in [2.45, 2.75) is 17.6 Å². The van der Waals surface area contributed by atoms with Crippen molar-refractivity contribution in [3.63, 3.8) is 0 Å². The van der Waals surface area contributed by atoms with Crippen molar-refractivity contribution in [3.05, 3.63) is 23.9 Å². The van der Waals surface area contributed by atoms with E-state index < -0.39 is 11.1 Å². The molecule has 8 nitrogen and oxygen atoms in total. The number of ether oxygens (including phenoxy) is 1. The third-order valence-corrected chi connectivity index (χ3v) is 4.75. The Hall–Kier alpha value is -2.57. The van der Waals surface area contributed by atoms with E-state index in [1.165, 1.54) is 6.08 Å². The summed E-state index contributed by atoms with van der Waals surface area (Å²) in [5.41, 5.74) is 5.74. The van der Waals surface area contributed by atoms with Crippen molar-refractivity contribution < 1.29 is 14.3 Å². The number of terminal acetylenes is 1. The summed E-state index contributed by atoms with van der Waals surface area (Å²) in [6, 6.07) is -0.187. The van der Waals surface area contributed by atoms with Crippen molar-refractivity contribution in [2.75, 3.05) is 32.6 Å². The second-order valence-electron chi connectivity index (χ2n) is 5.76. The van der Waals surface area contributed by atoms with Gasteiger partial charge in [-0.15, -0.1) is 11.6 Å². The maximum Gasteiger partial charge on any atom is 0.255 e. The monoisotopic (exact) mass is 358 g/mol. The van der Waals surface area contributed by atoms with Gasteiger partial charge in [-0.25, -0.2) is 0 Å². The molecule has 0 aliphatic carbocycles. The number of anilines is 1. The van der Waals surface area contributed by atoms with E-state index in [0.717, 1.165) is 0 Å². The number of primary amides is 1. The van der Waals surface area contributed by atoms with Crippen LogP contribution in [0.4, 0.5) is 5.82 Å². The Morgan fingerprint density at radius 1 is 1.68 bits per heavy atom. The number of methoxy groups -OCH3 is 1. The molecule has 2 atom stereocenters. The fraction of sp³-hybridized carbons (Fsp3) is 0.438. The SMILES string of the molecule is C#Cc1nn([C@@]2([Si-])C[C@H](COC)N(C(=O)C=C)C2)c(NC)c1C(N)=O. The van der Waals surface area contributed by atoms with Crippen molar-refractivity contribution >= 4 is 27.9 Å². The van der Waals surface area contributed by atoms with Crippen LogP contribution in [0.15, 0.2) is 12.7 Å². The lowest BCUT2D eigenvalue weighted by atomic mass is 10.1. The highest BCUT2D eigenvalue weighted by Crippen LogP contribution is 2.35. The summed E-state index contributed by atoms with van der Waals surface area (Å²) in [4.78, 5) is 25.6. The van der Waals surface area contributed by atoms with E-state index in [9.17, 15) is 9.59 Å². The van der Waals surface area contributed by atoms with Crippen LogP contribution in [0.25, 0.3) is 0 Å². The fourth-order valence-electron chi connectivity index (χ4n) is 3.14. The van der Waals surface area contributed by atoms with Gasteiger partial charge in [0.05, 0.1) is 12.6 Å². The topological polar surface area (TPSA) is 102 Å². The molecule has 132 valence electrons. The predicted octanol–water partition coefficient (Wildman–Crippen LogP) is -0.740. The zero-order valence-electron chi connectivity index (χ0n) is 14.2. The van der Waals surface area contributed by atoms with E-state index in [-0.39, 0.29) is 23.2 Å². The number of carbonyl (C=O) groups excluding carboxylic acids is 2. The molecule has 1 fully saturated rings. The summed E-state index contributed by atoms with van der Waals surface area (Å²) in [7, 11) is 6.95. The van der Waals surface area contributed by atoms with Gasteiger partial charge in [0, 0.05) is 20.7 Å². The average Bonchev–Trinajstić information content (AvgIpc) is 3.13. The van der Waals surface area contributed by atoms with Gasteiger partial charge >= 0.3 is 0 Å². The van der Waals surface area contributed by atoms with E-state index in [0.29, 0.717) is 25.4 Å². The summed E-state index contributed by atoms with van der Waals surface area (Å²) < 4.78 is 6.79. The zero-order chi connectivity index (χ0) is 18.8. The Bertz CT molecular complexity index is 754. The Morgan fingerprint density at radius 3 is 2.84 bits per heavy atom. The van der Waals surface area contributed by atoms with Crippen LogP contribution in [-0.2, 0) is 14.7 Å². The quantitative estimate of drug-likeness (QED) is 0.396. The predicted molar refractivity (Wildman–Crippen MR) is 94.1 cm³/mol. The van der Waals surface area contributed by atoms with Gasteiger partial charge in [-0.2, -0.15) is 5.10 Å². The molecule has 1 aliphatic heterocycles. The lowest BCUT2D eigenvalue weighted by molar-refractivity contribution is -0.127. The molecule has 2 rings (SSSR count). The minimum absolute atomic E-state index is 0.138. The van der Waals surface area contributed by atoms with Crippen LogP contribution in [-0.4, -0.2) is 70.1 Å². The second-order valence-corrected chi connectivity index (χ2v) is 6.69. The number of carbonyl (C=O) groups is 2. The molecule has 0 aromatic carbocycles. The van der Waals surface area contributed by atoms with Gasteiger partial charge in [0.2, 0.25) is 5.91 Å². The molecule has 0 saturated carbocycles. The third-order valence-electron chi connectivity index (χ3n) is 4.17. The first-order valence-corrected chi connectivity index (χ1v) is 8.07. The van der Waals surface area contributed by atoms with Gasteiger partial charge in [-0.1, -0.05) is 6.58 Å². The third kappa shape index (κ3) is 3.18. The lowest BCUT2D eigenvalue weighted by Crippen LogP contribution is -2.41. The second kappa shape index (κ2) is 7.12. The normalized spacial score (nSPS) is 22.5. The molecule has 1 aliphatic rings. The maximum atomic E-state index is 12.2. The number of amides is 2. The molecule has 2 amide bonds. The number of nitrogens with two attached hydrogens (primary N) is 1. The number of rotatable bonds is 6. The van der Waals surface area contributed by atoms with Gasteiger partial charge in [-0.3, -0.25) is 14.3 Å². The Morgan fingerprint density at radius 2 is 2.36 bits per heavy atom. The van der Waals surface area contributed by atoms with Crippen LogP contribution in [0.3, 0.4) is 0 Å². The highest BCUT2D eigenvalue weighted by atomic mass is 28.1. The number of likely N-dealkylation sites (tertiary alicyclic amines) is 1. The lowest BCUT2D eigenvalue weighted by Gasteiger charge is -2.39. The molecule has 25 heavy (non-hydrogen) atoms. The highest BCUT2D eigenvalue weighted by molar-refractivity contribution is 6.15. The first kappa shape index (κ1) is 18.8. The van der Waals surface area contributed by atoms with Crippen LogP contribution < -0.4 is 11.1 Å². The summed E-state index contributed by atoms with van der Waals surface area (Å²) in [6.07, 6.45) is 7.21. The number of nitrogens with zero attached hydrogens (tertiary/aromatic N) is 3. The molecule has 1 aromatic rings. The van der Waals surface area contributed by atoms with Crippen molar-refractivity contribution in [1.29, 1.82) is 0 Å². The van der Waals surface area contributed by atoms with E-state index >= 15 is 0 Å². The molecule has 0 unspecified atom stereocenters. The van der Waals surface area contributed by atoms with E-state index in [2.05, 4.69) is 33.2 Å². The molecular formula is C16H20N5O3Si-. The molecular weight excluding hydrogens is 338 g/mol. The summed E-state index contributed by atoms with van der Waals surface area (Å²) >= 11 is 0. The fourth-order valence-corrected chi connectivity index (χ4v) is 3.71. The minimum atomic E-state index is -0.778. The molecule has 2 radical (unpaired) electrons. The minimum Gasteiger partial charge on any atom is -0.630 e. The Balaban J connectivity index is 2.54. The Labute approximate surface area is 149 Å². The zero-order valence-corrected chi connectivity index (χ0v) is 15.2. The number of hydrogen-bond acceptors (Lipinski definition) is 5. The highest BCUT2D eigenvalue weighted by Gasteiger charge is 2.39. The van der Waals surface area contributed by atoms with Gasteiger partial charge in [0.15, 0.2) is 0 Å². The van der Waals surface area contributed by atoms with Crippen LogP contribution >= 0.6 is 0 Å². The molecule has 3 N–H and O–H groups in total. The number of hydrogen-bond donors (Lipinski definition) is 2. The van der Waals surface area contributed by atoms with Gasteiger partial charge < -0.3 is 30.9 Å². The van der Waals surface area contributed by atoms with Crippen molar-refractivity contribution in [1.82, 2.24) is 14.7 Å². The van der Waals surface area contributed by atoms with Crippen molar-refractivity contribution in [2.24, 2.45) is 5.73 Å². The summed E-state index contributed by atoms with van der Waals surface area (Å²) in [5, 5.41) is 6.50. The van der Waals surface area contributed by atoms with Gasteiger partial charge in [0.25, 0.3) is 5.91 Å².